The van der Waals surface area contributed by atoms with E-state index in [4.69, 9.17) is 4.74 Å². The molecule has 0 aliphatic rings. The summed E-state index contributed by atoms with van der Waals surface area (Å²) in [6, 6.07) is 7.58. The van der Waals surface area contributed by atoms with E-state index in [0.29, 0.717) is 17.3 Å². The van der Waals surface area contributed by atoms with E-state index in [1.54, 1.807) is 6.08 Å². The summed E-state index contributed by atoms with van der Waals surface area (Å²) in [4.78, 5) is 11.8. The van der Waals surface area contributed by atoms with Crippen molar-refractivity contribution >= 4 is 34.1 Å². The number of carbonyl (C=O) groups excluding carboxylic acids is 1. The second-order valence-corrected chi connectivity index (χ2v) is 6.05. The molecule has 1 aromatic heterocycles. The number of allylic oxidation sites excluding steroid dienone is 1. The minimum absolute atomic E-state index is 0.0671. The lowest BCUT2D eigenvalue weighted by atomic mass is 10.1. The van der Waals surface area contributed by atoms with Gasteiger partial charge < -0.3 is 4.74 Å². The van der Waals surface area contributed by atoms with Gasteiger partial charge in [-0.3, -0.25) is 10.1 Å². The zero-order valence-electron chi connectivity index (χ0n) is 11.5. The second-order valence-electron chi connectivity index (χ2n) is 4.01. The van der Waals surface area contributed by atoms with Gasteiger partial charge in [0, 0.05) is 0 Å². The normalized spacial score (nSPS) is 10.1. The summed E-state index contributed by atoms with van der Waals surface area (Å²) in [5.74, 6) is 0.432. The molecular formula is C14H15N3O2S2. The predicted octanol–water partition coefficient (Wildman–Crippen LogP) is 3.01. The van der Waals surface area contributed by atoms with Crippen LogP contribution in [0.2, 0.25) is 0 Å². The lowest BCUT2D eigenvalue weighted by Crippen LogP contribution is -2.20. The summed E-state index contributed by atoms with van der Waals surface area (Å²) in [6.07, 6.45) is 4.41. The number of thioether (sulfide) groups is 1. The standard InChI is InChI=1S/C14H15N3O2S2/c1-3-6-10-7-4-5-8-11(10)19-9-12(18)15-13-16-17-14(20-2)21-13/h3-5,7-8H,1,6,9H2,2H3,(H,15,16,18). The molecule has 0 saturated heterocycles. The lowest BCUT2D eigenvalue weighted by molar-refractivity contribution is -0.118. The Kier molecular flexibility index (Phi) is 5.77. The smallest absolute Gasteiger partial charge is 0.264 e. The average molecular weight is 321 g/mol. The van der Waals surface area contributed by atoms with Crippen LogP contribution in [0.5, 0.6) is 5.75 Å². The van der Waals surface area contributed by atoms with Crippen LogP contribution in [0, 0.1) is 0 Å². The Bertz CT molecular complexity index is 628. The summed E-state index contributed by atoms with van der Waals surface area (Å²) in [6.45, 7) is 3.64. The van der Waals surface area contributed by atoms with Crippen LogP contribution in [-0.4, -0.2) is 29.0 Å². The monoisotopic (exact) mass is 321 g/mol. The van der Waals surface area contributed by atoms with Gasteiger partial charge in [-0.1, -0.05) is 47.4 Å². The molecule has 7 heteroatoms. The number of nitrogens with one attached hydrogen (secondary N) is 1. The van der Waals surface area contributed by atoms with Gasteiger partial charge >= 0.3 is 0 Å². The molecule has 1 aromatic carbocycles. The summed E-state index contributed by atoms with van der Waals surface area (Å²) >= 11 is 2.82. The molecule has 0 aliphatic carbocycles. The number of anilines is 1. The van der Waals surface area contributed by atoms with Crippen molar-refractivity contribution in [2.24, 2.45) is 0 Å². The maximum atomic E-state index is 11.8. The molecule has 0 saturated carbocycles. The molecule has 110 valence electrons. The van der Waals surface area contributed by atoms with E-state index < -0.39 is 0 Å². The number of nitrogens with zero attached hydrogens (tertiary/aromatic N) is 2. The number of para-hydroxylation sites is 1. The van der Waals surface area contributed by atoms with Crippen LogP contribution in [0.1, 0.15) is 5.56 Å². The fraction of sp³-hybridized carbons (Fsp3) is 0.214. The van der Waals surface area contributed by atoms with Gasteiger partial charge in [-0.15, -0.1) is 16.8 Å². The highest BCUT2D eigenvalue weighted by molar-refractivity contribution is 8.00. The van der Waals surface area contributed by atoms with Crippen molar-refractivity contribution in [2.45, 2.75) is 10.8 Å². The van der Waals surface area contributed by atoms with Gasteiger partial charge in [0.1, 0.15) is 5.75 Å². The molecule has 0 radical (unpaired) electrons. The van der Waals surface area contributed by atoms with Gasteiger partial charge in [0.05, 0.1) is 0 Å². The van der Waals surface area contributed by atoms with E-state index in [9.17, 15) is 4.79 Å². The quantitative estimate of drug-likeness (QED) is 0.482. The maximum Gasteiger partial charge on any atom is 0.264 e. The maximum absolute atomic E-state index is 11.8. The predicted molar refractivity (Wildman–Crippen MR) is 86.2 cm³/mol. The fourth-order valence-electron chi connectivity index (χ4n) is 1.61. The Morgan fingerprint density at radius 1 is 1.48 bits per heavy atom. The van der Waals surface area contributed by atoms with E-state index in [-0.39, 0.29) is 12.5 Å². The third kappa shape index (κ3) is 4.57. The summed E-state index contributed by atoms with van der Waals surface area (Å²) in [5.41, 5.74) is 1.00. The number of hydrogen-bond donors (Lipinski definition) is 1. The molecule has 0 aliphatic heterocycles. The van der Waals surface area contributed by atoms with Crippen molar-refractivity contribution in [1.82, 2.24) is 10.2 Å². The molecule has 21 heavy (non-hydrogen) atoms. The minimum Gasteiger partial charge on any atom is -0.483 e. The van der Waals surface area contributed by atoms with Crippen LogP contribution in [0.3, 0.4) is 0 Å². The minimum atomic E-state index is -0.257. The number of carbonyl (C=O) groups is 1. The van der Waals surface area contributed by atoms with Crippen molar-refractivity contribution in [3.8, 4) is 5.75 Å². The highest BCUT2D eigenvalue weighted by atomic mass is 32.2. The molecule has 0 unspecified atom stereocenters. The van der Waals surface area contributed by atoms with Crippen molar-refractivity contribution < 1.29 is 9.53 Å². The molecule has 0 bridgehead atoms. The Balaban J connectivity index is 1.90. The average Bonchev–Trinajstić information content (AvgIpc) is 2.94. The van der Waals surface area contributed by atoms with Crippen LogP contribution < -0.4 is 10.1 Å². The molecule has 2 rings (SSSR count). The molecule has 2 aromatic rings. The Labute approximate surface area is 131 Å². The van der Waals surface area contributed by atoms with E-state index in [0.717, 1.165) is 9.90 Å². The van der Waals surface area contributed by atoms with Crippen molar-refractivity contribution in [1.29, 1.82) is 0 Å². The van der Waals surface area contributed by atoms with Gasteiger partial charge in [0.2, 0.25) is 5.13 Å². The van der Waals surface area contributed by atoms with Gasteiger partial charge in [-0.2, -0.15) is 0 Å². The number of ether oxygens (including phenoxy) is 1. The summed E-state index contributed by atoms with van der Waals surface area (Å²) in [5, 5.41) is 10.9. The van der Waals surface area contributed by atoms with Crippen LogP contribution in [-0.2, 0) is 11.2 Å². The zero-order valence-corrected chi connectivity index (χ0v) is 13.2. The van der Waals surface area contributed by atoms with Crippen LogP contribution in [0.25, 0.3) is 0 Å². The zero-order chi connectivity index (χ0) is 15.1. The molecule has 1 heterocycles. The molecule has 0 atom stereocenters. The van der Waals surface area contributed by atoms with Gasteiger partial charge in [0.25, 0.3) is 5.91 Å². The molecule has 1 N–H and O–H groups in total. The number of aromatic nitrogens is 2. The molecular weight excluding hydrogens is 306 g/mol. The first-order chi connectivity index (χ1) is 10.2. The molecule has 5 nitrogen and oxygen atoms in total. The van der Waals surface area contributed by atoms with Crippen molar-refractivity contribution in [2.75, 3.05) is 18.2 Å². The highest BCUT2D eigenvalue weighted by Gasteiger charge is 2.09. The molecule has 0 fully saturated rings. The third-order valence-electron chi connectivity index (χ3n) is 2.52. The van der Waals surface area contributed by atoms with Crippen LogP contribution in [0.4, 0.5) is 5.13 Å². The van der Waals surface area contributed by atoms with E-state index >= 15 is 0 Å². The number of hydrogen-bond acceptors (Lipinski definition) is 6. The Hall–Kier alpha value is -1.86. The Morgan fingerprint density at radius 2 is 2.29 bits per heavy atom. The van der Waals surface area contributed by atoms with Gasteiger partial charge in [-0.05, 0) is 24.3 Å². The molecule has 0 spiro atoms. The number of amides is 1. The lowest BCUT2D eigenvalue weighted by Gasteiger charge is -2.09. The second kappa shape index (κ2) is 7.80. The van der Waals surface area contributed by atoms with Crippen molar-refractivity contribution in [3.05, 3.63) is 42.5 Å². The first kappa shape index (κ1) is 15.5. The van der Waals surface area contributed by atoms with Gasteiger partial charge in [-0.25, -0.2) is 0 Å². The topological polar surface area (TPSA) is 64.1 Å². The highest BCUT2D eigenvalue weighted by Crippen LogP contribution is 2.23. The molecule has 1 amide bonds. The van der Waals surface area contributed by atoms with E-state index in [1.165, 1.54) is 23.1 Å². The Morgan fingerprint density at radius 3 is 3.00 bits per heavy atom. The van der Waals surface area contributed by atoms with E-state index in [1.807, 2.05) is 30.5 Å². The summed E-state index contributed by atoms with van der Waals surface area (Å²) < 4.78 is 6.36. The van der Waals surface area contributed by atoms with Gasteiger partial charge in [0.15, 0.2) is 10.9 Å². The fourth-order valence-corrected chi connectivity index (χ4v) is 2.80. The van der Waals surface area contributed by atoms with Crippen LogP contribution in [0.15, 0.2) is 41.3 Å². The summed E-state index contributed by atoms with van der Waals surface area (Å²) in [7, 11) is 0. The van der Waals surface area contributed by atoms with E-state index in [2.05, 4.69) is 22.1 Å². The van der Waals surface area contributed by atoms with Crippen molar-refractivity contribution in [3.63, 3.8) is 0 Å². The number of rotatable bonds is 7. The largest absolute Gasteiger partial charge is 0.483 e. The first-order valence-corrected chi connectivity index (χ1v) is 8.26. The number of benzene rings is 1. The SMILES string of the molecule is C=CCc1ccccc1OCC(=O)Nc1nnc(SC)s1. The third-order valence-corrected chi connectivity index (χ3v) is 4.34. The van der Waals surface area contributed by atoms with Crippen LogP contribution >= 0.6 is 23.1 Å². The first-order valence-electron chi connectivity index (χ1n) is 6.22.